The number of rotatable bonds is 1. The van der Waals surface area contributed by atoms with Crippen LogP contribution < -0.4 is 0 Å². The first-order valence-electron chi connectivity index (χ1n) is 3.89. The number of carbonyl (C=O) groups is 2. The van der Waals surface area contributed by atoms with Crippen LogP contribution >= 0.6 is 0 Å². The molecular formula is C8H5NO5S. The third-order valence-corrected chi connectivity index (χ3v) is 2.83. The van der Waals surface area contributed by atoms with Crippen LogP contribution in [0.5, 0.6) is 0 Å². The van der Waals surface area contributed by atoms with Crippen molar-refractivity contribution in [3.8, 4) is 0 Å². The minimum absolute atomic E-state index is 0.0903. The van der Waals surface area contributed by atoms with Gasteiger partial charge in [0.25, 0.3) is 11.8 Å². The number of benzene rings is 1. The van der Waals surface area contributed by atoms with E-state index in [9.17, 15) is 18.0 Å². The van der Waals surface area contributed by atoms with Gasteiger partial charge in [-0.05, 0) is 12.1 Å². The van der Waals surface area contributed by atoms with E-state index in [1.165, 1.54) is 18.2 Å². The monoisotopic (exact) mass is 227 g/mol. The SMILES string of the molecule is O=C1c2cccc([SH](=O)=O)c2C(=O)N1O. The summed E-state index contributed by atoms with van der Waals surface area (Å²) < 4.78 is 21.6. The van der Waals surface area contributed by atoms with Gasteiger partial charge in [0.15, 0.2) is 10.7 Å². The van der Waals surface area contributed by atoms with Gasteiger partial charge >= 0.3 is 0 Å². The molecule has 7 heteroatoms. The topological polar surface area (TPSA) is 91.8 Å². The first-order valence-corrected chi connectivity index (χ1v) is 5.07. The van der Waals surface area contributed by atoms with Crippen molar-refractivity contribution in [2.24, 2.45) is 0 Å². The molecule has 1 aliphatic rings. The van der Waals surface area contributed by atoms with Crippen LogP contribution in [0.4, 0.5) is 0 Å². The lowest BCUT2D eigenvalue weighted by atomic mass is 10.1. The molecule has 15 heavy (non-hydrogen) atoms. The molecule has 6 nitrogen and oxygen atoms in total. The molecule has 0 atom stereocenters. The molecule has 0 fully saturated rings. The Morgan fingerprint density at radius 2 is 1.80 bits per heavy atom. The van der Waals surface area contributed by atoms with E-state index < -0.39 is 22.5 Å². The van der Waals surface area contributed by atoms with E-state index in [4.69, 9.17) is 5.21 Å². The van der Waals surface area contributed by atoms with E-state index in [0.717, 1.165) is 0 Å². The van der Waals surface area contributed by atoms with E-state index in [-0.39, 0.29) is 21.1 Å². The highest BCUT2D eigenvalue weighted by Gasteiger charge is 2.37. The second kappa shape index (κ2) is 3.14. The number of amides is 2. The lowest BCUT2D eigenvalue weighted by Crippen LogP contribution is -2.25. The first-order chi connectivity index (χ1) is 7.04. The smallest absolute Gasteiger partial charge is 0.278 e. The number of thiol groups is 1. The fourth-order valence-electron chi connectivity index (χ4n) is 1.41. The van der Waals surface area contributed by atoms with E-state index >= 15 is 0 Å². The molecule has 0 saturated carbocycles. The summed E-state index contributed by atoms with van der Waals surface area (Å²) in [6.45, 7) is 0. The molecule has 2 amide bonds. The third kappa shape index (κ3) is 1.24. The largest absolute Gasteiger partial charge is 0.287 e. The minimum atomic E-state index is -2.97. The van der Waals surface area contributed by atoms with Crippen molar-refractivity contribution in [1.82, 2.24) is 5.06 Å². The molecule has 0 radical (unpaired) electrons. The van der Waals surface area contributed by atoms with Crippen molar-refractivity contribution in [1.29, 1.82) is 0 Å². The van der Waals surface area contributed by atoms with Crippen LogP contribution in [0, 0.1) is 0 Å². The zero-order valence-corrected chi connectivity index (χ0v) is 8.10. The Hall–Kier alpha value is -1.73. The highest BCUT2D eigenvalue weighted by atomic mass is 32.2. The van der Waals surface area contributed by atoms with Crippen molar-refractivity contribution in [3.05, 3.63) is 29.3 Å². The van der Waals surface area contributed by atoms with E-state index in [1.807, 2.05) is 0 Å². The molecule has 1 aromatic rings. The molecule has 0 aromatic heterocycles. The number of fused-ring (bicyclic) bond motifs is 1. The quantitative estimate of drug-likeness (QED) is 0.388. The maximum absolute atomic E-state index is 11.3. The van der Waals surface area contributed by atoms with Crippen LogP contribution in [-0.4, -0.2) is 30.5 Å². The molecular weight excluding hydrogens is 222 g/mol. The van der Waals surface area contributed by atoms with E-state index in [0.29, 0.717) is 0 Å². The lowest BCUT2D eigenvalue weighted by molar-refractivity contribution is -0.0328. The average molecular weight is 227 g/mol. The number of imide groups is 1. The highest BCUT2D eigenvalue weighted by molar-refractivity contribution is 7.72. The standard InChI is InChI=1S/C8H5NO5S/c10-7-4-2-1-3-5(15(13)14)6(4)8(11)9(7)12/h1-3,12,15H. The van der Waals surface area contributed by atoms with Crippen molar-refractivity contribution < 1.29 is 23.2 Å². The molecule has 0 aliphatic carbocycles. The van der Waals surface area contributed by atoms with Crippen LogP contribution in [-0.2, 0) is 10.7 Å². The summed E-state index contributed by atoms with van der Waals surface area (Å²) in [5.74, 6) is -1.92. The molecule has 1 aromatic carbocycles. The molecule has 1 N–H and O–H groups in total. The Labute approximate surface area is 85.6 Å². The summed E-state index contributed by atoms with van der Waals surface area (Å²) in [7, 11) is -2.97. The molecule has 2 rings (SSSR count). The molecule has 0 bridgehead atoms. The van der Waals surface area contributed by atoms with Gasteiger partial charge in [-0.3, -0.25) is 14.8 Å². The van der Waals surface area contributed by atoms with Crippen molar-refractivity contribution >= 4 is 22.5 Å². The zero-order valence-electron chi connectivity index (χ0n) is 7.21. The molecule has 1 aliphatic heterocycles. The summed E-state index contributed by atoms with van der Waals surface area (Å²) in [5, 5.41) is 8.94. The summed E-state index contributed by atoms with van der Waals surface area (Å²) in [6, 6.07) is 3.83. The molecule has 0 spiro atoms. The predicted octanol–water partition coefficient (Wildman–Crippen LogP) is -0.358. The Morgan fingerprint density at radius 3 is 2.40 bits per heavy atom. The number of nitrogens with zero attached hydrogens (tertiary/aromatic N) is 1. The second-order valence-electron chi connectivity index (χ2n) is 2.88. The fraction of sp³-hybridized carbons (Fsp3) is 0. The Bertz CT molecular complexity index is 540. The number of carbonyl (C=O) groups excluding carboxylic acids is 2. The normalized spacial score (nSPS) is 14.9. The van der Waals surface area contributed by atoms with Crippen LogP contribution in [0.25, 0.3) is 0 Å². The molecule has 1 heterocycles. The van der Waals surface area contributed by atoms with Gasteiger partial charge in [0.05, 0.1) is 16.0 Å². The predicted molar refractivity (Wildman–Crippen MR) is 47.3 cm³/mol. The summed E-state index contributed by atoms with van der Waals surface area (Å²) in [6.07, 6.45) is 0. The Kier molecular flexibility index (Phi) is 2.06. The average Bonchev–Trinajstić information content (AvgIpc) is 2.44. The van der Waals surface area contributed by atoms with Crippen LogP contribution in [0.2, 0.25) is 0 Å². The molecule has 78 valence electrons. The fourth-order valence-corrected chi connectivity index (χ4v) is 2.01. The zero-order chi connectivity index (χ0) is 11.2. The van der Waals surface area contributed by atoms with Crippen LogP contribution in [0.15, 0.2) is 23.1 Å². The minimum Gasteiger partial charge on any atom is -0.278 e. The van der Waals surface area contributed by atoms with Gasteiger partial charge < -0.3 is 0 Å². The van der Waals surface area contributed by atoms with Gasteiger partial charge in [0, 0.05) is 0 Å². The summed E-state index contributed by atoms with van der Waals surface area (Å²) in [5.41, 5.74) is -0.361. The van der Waals surface area contributed by atoms with Crippen molar-refractivity contribution in [2.45, 2.75) is 4.90 Å². The third-order valence-electron chi connectivity index (χ3n) is 2.07. The maximum Gasteiger partial charge on any atom is 0.287 e. The Balaban J connectivity index is 2.80. The van der Waals surface area contributed by atoms with Gasteiger partial charge in [-0.2, -0.15) is 0 Å². The van der Waals surface area contributed by atoms with Crippen molar-refractivity contribution in [2.75, 3.05) is 0 Å². The lowest BCUT2D eigenvalue weighted by Gasteiger charge is -2.00. The van der Waals surface area contributed by atoms with Gasteiger partial charge in [-0.1, -0.05) is 6.07 Å². The number of hydrogen-bond donors (Lipinski definition) is 2. The Morgan fingerprint density at radius 1 is 1.13 bits per heavy atom. The van der Waals surface area contributed by atoms with Crippen molar-refractivity contribution in [3.63, 3.8) is 0 Å². The first kappa shape index (κ1) is 9.81. The summed E-state index contributed by atoms with van der Waals surface area (Å²) in [4.78, 5) is 22.3. The molecule has 0 saturated heterocycles. The van der Waals surface area contributed by atoms with Crippen LogP contribution in [0.3, 0.4) is 0 Å². The van der Waals surface area contributed by atoms with Gasteiger partial charge in [0.1, 0.15) is 0 Å². The highest BCUT2D eigenvalue weighted by Crippen LogP contribution is 2.25. The number of hydroxylamine groups is 2. The van der Waals surface area contributed by atoms with Gasteiger partial charge in [-0.15, -0.1) is 5.06 Å². The van der Waals surface area contributed by atoms with E-state index in [1.54, 1.807) is 0 Å². The summed E-state index contributed by atoms with van der Waals surface area (Å²) >= 11 is 0. The van der Waals surface area contributed by atoms with Gasteiger partial charge in [0.2, 0.25) is 0 Å². The maximum atomic E-state index is 11.3. The second-order valence-corrected chi connectivity index (χ2v) is 3.87. The van der Waals surface area contributed by atoms with E-state index in [2.05, 4.69) is 0 Å². The number of hydrogen-bond acceptors (Lipinski definition) is 5. The van der Waals surface area contributed by atoms with Crippen LogP contribution in [0.1, 0.15) is 20.7 Å². The molecule has 0 unspecified atom stereocenters. The van der Waals surface area contributed by atoms with Gasteiger partial charge in [-0.25, -0.2) is 8.42 Å².